The van der Waals surface area contributed by atoms with Crippen LogP contribution in [0.15, 0.2) is 22.9 Å². The second-order valence-corrected chi connectivity index (χ2v) is 3.99. The Kier molecular flexibility index (Phi) is 4.15. The first-order chi connectivity index (χ1) is 8.78. The molecule has 0 aliphatic rings. The molecule has 0 N–H and O–H groups in total. The van der Waals surface area contributed by atoms with Crippen molar-refractivity contribution in [3.63, 3.8) is 0 Å². The van der Waals surface area contributed by atoms with E-state index in [0.29, 0.717) is 11.7 Å². The SMILES string of the molecule is CCN(CC)c1ccc(-c2noc(CCl)n2)cn1. The Labute approximate surface area is 111 Å². The van der Waals surface area contributed by atoms with Crippen molar-refractivity contribution in [2.75, 3.05) is 18.0 Å². The van der Waals surface area contributed by atoms with Crippen LogP contribution in [0.5, 0.6) is 0 Å². The van der Waals surface area contributed by atoms with Crippen LogP contribution in [0, 0.1) is 0 Å². The second-order valence-electron chi connectivity index (χ2n) is 3.72. The number of alkyl halides is 1. The minimum atomic E-state index is 0.220. The lowest BCUT2D eigenvalue weighted by Gasteiger charge is -2.19. The predicted molar refractivity (Wildman–Crippen MR) is 70.6 cm³/mol. The van der Waals surface area contributed by atoms with Gasteiger partial charge in [-0.3, -0.25) is 0 Å². The first-order valence-electron chi connectivity index (χ1n) is 5.88. The Morgan fingerprint density at radius 1 is 1.28 bits per heavy atom. The average molecular weight is 267 g/mol. The van der Waals surface area contributed by atoms with Crippen molar-refractivity contribution in [3.05, 3.63) is 24.2 Å². The molecule has 0 bridgehead atoms. The van der Waals surface area contributed by atoms with Crippen LogP contribution in [0.2, 0.25) is 0 Å². The molecular formula is C12H15ClN4O. The summed E-state index contributed by atoms with van der Waals surface area (Å²) in [6, 6.07) is 3.89. The van der Waals surface area contributed by atoms with Crippen LogP contribution in [0.3, 0.4) is 0 Å². The number of halogens is 1. The Morgan fingerprint density at radius 2 is 2.06 bits per heavy atom. The van der Waals surface area contributed by atoms with Crippen molar-refractivity contribution >= 4 is 17.4 Å². The van der Waals surface area contributed by atoms with E-state index in [-0.39, 0.29) is 5.88 Å². The van der Waals surface area contributed by atoms with Gasteiger partial charge in [0.1, 0.15) is 11.7 Å². The molecule has 6 heteroatoms. The van der Waals surface area contributed by atoms with Gasteiger partial charge in [-0.05, 0) is 26.0 Å². The maximum Gasteiger partial charge on any atom is 0.241 e. The Hall–Kier alpha value is -1.62. The van der Waals surface area contributed by atoms with Gasteiger partial charge in [0.25, 0.3) is 0 Å². The topological polar surface area (TPSA) is 55.1 Å². The first kappa shape index (κ1) is 12.8. The molecule has 0 aromatic carbocycles. The number of aromatic nitrogens is 3. The lowest BCUT2D eigenvalue weighted by atomic mass is 10.2. The van der Waals surface area contributed by atoms with Crippen molar-refractivity contribution in [2.45, 2.75) is 19.7 Å². The molecule has 0 spiro atoms. The molecule has 2 aromatic heterocycles. The summed E-state index contributed by atoms with van der Waals surface area (Å²) in [5.41, 5.74) is 0.825. The number of anilines is 1. The molecule has 0 fully saturated rings. The van der Waals surface area contributed by atoms with Crippen LogP contribution in [0.1, 0.15) is 19.7 Å². The minimum Gasteiger partial charge on any atom is -0.357 e. The molecular weight excluding hydrogens is 252 g/mol. The quantitative estimate of drug-likeness (QED) is 0.779. The maximum absolute atomic E-state index is 5.61. The van der Waals surface area contributed by atoms with Crippen LogP contribution < -0.4 is 4.90 Å². The first-order valence-corrected chi connectivity index (χ1v) is 6.41. The van der Waals surface area contributed by atoms with Gasteiger partial charge in [-0.25, -0.2) is 4.98 Å². The van der Waals surface area contributed by atoms with E-state index in [4.69, 9.17) is 16.1 Å². The summed E-state index contributed by atoms with van der Waals surface area (Å²) in [4.78, 5) is 10.7. The van der Waals surface area contributed by atoms with Crippen molar-refractivity contribution < 1.29 is 4.52 Å². The lowest BCUT2D eigenvalue weighted by Crippen LogP contribution is -2.22. The maximum atomic E-state index is 5.61. The van der Waals surface area contributed by atoms with Crippen molar-refractivity contribution in [1.29, 1.82) is 0 Å². The van der Waals surface area contributed by atoms with Gasteiger partial charge in [-0.1, -0.05) is 5.16 Å². The number of rotatable bonds is 5. The number of hydrogen-bond donors (Lipinski definition) is 0. The number of nitrogens with zero attached hydrogens (tertiary/aromatic N) is 4. The van der Waals surface area contributed by atoms with E-state index in [0.717, 1.165) is 24.5 Å². The van der Waals surface area contributed by atoms with Gasteiger partial charge >= 0.3 is 0 Å². The van der Waals surface area contributed by atoms with Gasteiger partial charge in [-0.15, -0.1) is 11.6 Å². The van der Waals surface area contributed by atoms with E-state index < -0.39 is 0 Å². The van der Waals surface area contributed by atoms with E-state index in [1.165, 1.54) is 0 Å². The van der Waals surface area contributed by atoms with Crippen LogP contribution in [-0.4, -0.2) is 28.2 Å². The van der Waals surface area contributed by atoms with Crippen molar-refractivity contribution in [1.82, 2.24) is 15.1 Å². The average Bonchev–Trinajstić information content (AvgIpc) is 2.90. The summed E-state index contributed by atoms with van der Waals surface area (Å²) in [7, 11) is 0. The molecule has 0 saturated carbocycles. The van der Waals surface area contributed by atoms with Gasteiger partial charge < -0.3 is 9.42 Å². The van der Waals surface area contributed by atoms with Gasteiger partial charge in [0.2, 0.25) is 11.7 Å². The smallest absolute Gasteiger partial charge is 0.241 e. The highest BCUT2D eigenvalue weighted by Crippen LogP contribution is 2.18. The summed E-state index contributed by atoms with van der Waals surface area (Å²) < 4.78 is 4.96. The fourth-order valence-corrected chi connectivity index (χ4v) is 1.79. The molecule has 2 aromatic rings. The number of hydrogen-bond acceptors (Lipinski definition) is 5. The highest BCUT2D eigenvalue weighted by Gasteiger charge is 2.09. The molecule has 0 aliphatic heterocycles. The third-order valence-electron chi connectivity index (χ3n) is 2.68. The van der Waals surface area contributed by atoms with Gasteiger partial charge in [0.05, 0.1) is 0 Å². The zero-order chi connectivity index (χ0) is 13.0. The van der Waals surface area contributed by atoms with Crippen LogP contribution in [0.4, 0.5) is 5.82 Å². The highest BCUT2D eigenvalue weighted by atomic mass is 35.5. The highest BCUT2D eigenvalue weighted by molar-refractivity contribution is 6.16. The summed E-state index contributed by atoms with van der Waals surface area (Å²) in [6.07, 6.45) is 1.75. The molecule has 0 atom stereocenters. The van der Waals surface area contributed by atoms with Crippen LogP contribution >= 0.6 is 11.6 Å². The molecule has 2 heterocycles. The lowest BCUT2D eigenvalue weighted by molar-refractivity contribution is 0.391. The molecule has 2 rings (SSSR count). The van der Waals surface area contributed by atoms with Gasteiger partial charge in [0.15, 0.2) is 0 Å². The summed E-state index contributed by atoms with van der Waals surface area (Å²) >= 11 is 5.61. The molecule has 5 nitrogen and oxygen atoms in total. The van der Waals surface area contributed by atoms with E-state index in [1.54, 1.807) is 6.20 Å². The van der Waals surface area contributed by atoms with Gasteiger partial charge in [-0.2, -0.15) is 4.98 Å². The second kappa shape index (κ2) is 5.82. The fourth-order valence-electron chi connectivity index (χ4n) is 1.68. The monoisotopic (exact) mass is 266 g/mol. The third kappa shape index (κ3) is 2.61. The van der Waals surface area contributed by atoms with Crippen molar-refractivity contribution in [2.24, 2.45) is 0 Å². The van der Waals surface area contributed by atoms with E-state index in [9.17, 15) is 0 Å². The van der Waals surface area contributed by atoms with Crippen molar-refractivity contribution in [3.8, 4) is 11.4 Å². The molecule has 18 heavy (non-hydrogen) atoms. The van der Waals surface area contributed by atoms with E-state index in [2.05, 4.69) is 33.9 Å². The van der Waals surface area contributed by atoms with Crippen LogP contribution in [-0.2, 0) is 5.88 Å². The molecule has 96 valence electrons. The minimum absolute atomic E-state index is 0.220. The Balaban J connectivity index is 2.21. The van der Waals surface area contributed by atoms with Crippen LogP contribution in [0.25, 0.3) is 11.4 Å². The van der Waals surface area contributed by atoms with E-state index >= 15 is 0 Å². The molecule has 0 saturated heterocycles. The Morgan fingerprint density at radius 3 is 2.56 bits per heavy atom. The third-order valence-corrected chi connectivity index (χ3v) is 2.90. The molecule has 0 amide bonds. The van der Waals surface area contributed by atoms with E-state index in [1.807, 2.05) is 12.1 Å². The predicted octanol–water partition coefficient (Wildman–Crippen LogP) is 2.72. The zero-order valence-corrected chi connectivity index (χ0v) is 11.2. The molecule has 0 aliphatic carbocycles. The summed E-state index contributed by atoms with van der Waals surface area (Å²) in [5, 5.41) is 3.85. The molecule has 0 unspecified atom stereocenters. The normalized spacial score (nSPS) is 10.6. The standard InChI is InChI=1S/C12H15ClN4O/c1-3-17(4-2)10-6-5-9(8-14-10)12-15-11(7-13)18-16-12/h5-6,8H,3-4,7H2,1-2H3. The largest absolute Gasteiger partial charge is 0.357 e. The fraction of sp³-hybridized carbons (Fsp3) is 0.417. The Bertz CT molecular complexity index is 493. The number of pyridine rings is 1. The summed E-state index contributed by atoms with van der Waals surface area (Å²) in [5.74, 6) is 2.10. The van der Waals surface area contributed by atoms with Gasteiger partial charge in [0, 0.05) is 24.8 Å². The summed E-state index contributed by atoms with van der Waals surface area (Å²) in [6.45, 7) is 6.07. The molecule has 0 radical (unpaired) electrons. The zero-order valence-electron chi connectivity index (χ0n) is 10.4.